The zero-order valence-corrected chi connectivity index (χ0v) is 7.46. The normalized spacial score (nSPS) is 29.8. The summed E-state index contributed by atoms with van der Waals surface area (Å²) in [6.45, 7) is 2.16. The third-order valence-corrected chi connectivity index (χ3v) is 3.08. The van der Waals surface area contributed by atoms with E-state index >= 15 is 0 Å². The van der Waals surface area contributed by atoms with Gasteiger partial charge in [-0.3, -0.25) is 4.99 Å². The van der Waals surface area contributed by atoms with Crippen LogP contribution in [0.15, 0.2) is 29.3 Å². The van der Waals surface area contributed by atoms with Crippen LogP contribution < -0.4 is 5.32 Å². The van der Waals surface area contributed by atoms with Crippen molar-refractivity contribution in [2.75, 3.05) is 13.1 Å². The van der Waals surface area contributed by atoms with E-state index in [2.05, 4.69) is 40.8 Å². The molecule has 3 rings (SSSR count). The summed E-state index contributed by atoms with van der Waals surface area (Å²) in [5.74, 6) is 0. The van der Waals surface area contributed by atoms with Crippen LogP contribution in [0.4, 0.5) is 5.69 Å². The highest BCUT2D eigenvalue weighted by Crippen LogP contribution is 2.40. The van der Waals surface area contributed by atoms with Crippen molar-refractivity contribution in [1.82, 2.24) is 5.32 Å². The van der Waals surface area contributed by atoms with Crippen molar-refractivity contribution in [3.05, 3.63) is 29.8 Å². The zero-order chi connectivity index (χ0) is 8.73. The van der Waals surface area contributed by atoms with Gasteiger partial charge in [0.15, 0.2) is 0 Å². The lowest BCUT2D eigenvalue weighted by Gasteiger charge is -2.19. The van der Waals surface area contributed by atoms with Crippen LogP contribution in [0.3, 0.4) is 0 Å². The molecule has 1 atom stereocenters. The molecule has 0 amide bonds. The zero-order valence-electron chi connectivity index (χ0n) is 7.46. The number of nitrogens with one attached hydrogen (secondary N) is 1. The molecule has 2 aliphatic rings. The van der Waals surface area contributed by atoms with E-state index in [4.69, 9.17) is 0 Å². The number of aliphatic imine (C=N–C) groups is 1. The lowest BCUT2D eigenvalue weighted by atomic mass is 9.82. The van der Waals surface area contributed by atoms with Crippen LogP contribution in [0.2, 0.25) is 0 Å². The second kappa shape index (κ2) is 2.42. The van der Waals surface area contributed by atoms with Gasteiger partial charge in [0.2, 0.25) is 0 Å². The fourth-order valence-electron chi connectivity index (χ4n) is 2.32. The molecule has 0 aromatic heterocycles. The predicted molar refractivity (Wildman–Crippen MR) is 53.8 cm³/mol. The number of rotatable bonds is 0. The molecule has 2 nitrogen and oxygen atoms in total. The van der Waals surface area contributed by atoms with Crippen LogP contribution in [-0.2, 0) is 5.41 Å². The largest absolute Gasteiger partial charge is 0.315 e. The second-order valence-corrected chi connectivity index (χ2v) is 3.86. The molecule has 1 saturated heterocycles. The Morgan fingerprint density at radius 2 is 2.23 bits per heavy atom. The maximum absolute atomic E-state index is 4.47. The number of nitrogens with zero attached hydrogens (tertiary/aromatic N) is 1. The summed E-state index contributed by atoms with van der Waals surface area (Å²) >= 11 is 0. The molecule has 2 heterocycles. The number of hydrogen-bond donors (Lipinski definition) is 1. The Morgan fingerprint density at radius 3 is 3.08 bits per heavy atom. The molecular weight excluding hydrogens is 160 g/mol. The quantitative estimate of drug-likeness (QED) is 0.632. The topological polar surface area (TPSA) is 24.4 Å². The molecular formula is C11H12N2. The Bertz CT molecular complexity index is 362. The van der Waals surface area contributed by atoms with Gasteiger partial charge in [0, 0.05) is 18.2 Å². The van der Waals surface area contributed by atoms with Gasteiger partial charge in [-0.2, -0.15) is 0 Å². The van der Waals surface area contributed by atoms with Crippen LogP contribution in [-0.4, -0.2) is 19.3 Å². The first-order valence-corrected chi connectivity index (χ1v) is 4.76. The highest BCUT2D eigenvalue weighted by molar-refractivity contribution is 5.85. The standard InChI is InChI=1S/C11H12N2/c1-2-4-10-9(3-1)11(8-13-10)5-6-12-7-11/h1-4,8,12H,5-7H2/t11-/m1/s1. The Hall–Kier alpha value is -1.15. The molecule has 13 heavy (non-hydrogen) atoms. The van der Waals surface area contributed by atoms with E-state index in [1.54, 1.807) is 0 Å². The van der Waals surface area contributed by atoms with E-state index in [-0.39, 0.29) is 5.41 Å². The Balaban J connectivity index is 2.16. The maximum atomic E-state index is 4.47. The van der Waals surface area contributed by atoms with Crippen molar-refractivity contribution in [2.24, 2.45) is 4.99 Å². The summed E-state index contributed by atoms with van der Waals surface area (Å²) < 4.78 is 0. The minimum absolute atomic E-state index is 0.219. The van der Waals surface area contributed by atoms with Crippen LogP contribution >= 0.6 is 0 Å². The fraction of sp³-hybridized carbons (Fsp3) is 0.364. The summed E-state index contributed by atoms with van der Waals surface area (Å²) in [6.07, 6.45) is 3.31. The fourth-order valence-corrected chi connectivity index (χ4v) is 2.32. The first kappa shape index (κ1) is 7.27. The highest BCUT2D eigenvalue weighted by atomic mass is 14.9. The smallest absolute Gasteiger partial charge is 0.0668 e. The first-order valence-electron chi connectivity index (χ1n) is 4.76. The number of hydrogen-bond acceptors (Lipinski definition) is 2. The van der Waals surface area contributed by atoms with E-state index in [9.17, 15) is 0 Å². The molecule has 0 aliphatic carbocycles. The lowest BCUT2D eigenvalue weighted by Crippen LogP contribution is -2.28. The number of para-hydroxylation sites is 1. The van der Waals surface area contributed by atoms with Gasteiger partial charge in [0.05, 0.1) is 5.69 Å². The van der Waals surface area contributed by atoms with E-state index in [0.717, 1.165) is 18.8 Å². The van der Waals surface area contributed by atoms with Gasteiger partial charge >= 0.3 is 0 Å². The summed E-state index contributed by atoms with van der Waals surface area (Å²) in [6, 6.07) is 8.46. The molecule has 1 aromatic rings. The molecule has 1 aromatic carbocycles. The third kappa shape index (κ3) is 0.893. The van der Waals surface area contributed by atoms with Crippen molar-refractivity contribution < 1.29 is 0 Å². The Labute approximate surface area is 77.7 Å². The van der Waals surface area contributed by atoms with Gasteiger partial charge in [0.25, 0.3) is 0 Å². The van der Waals surface area contributed by atoms with E-state index in [1.807, 2.05) is 0 Å². The molecule has 1 N–H and O–H groups in total. The van der Waals surface area contributed by atoms with Gasteiger partial charge in [-0.15, -0.1) is 0 Å². The molecule has 0 unspecified atom stereocenters. The maximum Gasteiger partial charge on any atom is 0.0668 e. The van der Waals surface area contributed by atoms with Gasteiger partial charge in [-0.25, -0.2) is 0 Å². The van der Waals surface area contributed by atoms with Crippen molar-refractivity contribution in [3.63, 3.8) is 0 Å². The van der Waals surface area contributed by atoms with Crippen LogP contribution in [0.25, 0.3) is 0 Å². The summed E-state index contributed by atoms with van der Waals surface area (Å²) in [7, 11) is 0. The summed E-state index contributed by atoms with van der Waals surface area (Å²) in [5, 5.41) is 3.40. The Morgan fingerprint density at radius 1 is 1.31 bits per heavy atom. The van der Waals surface area contributed by atoms with Crippen molar-refractivity contribution in [1.29, 1.82) is 0 Å². The molecule has 0 bridgehead atoms. The molecule has 0 saturated carbocycles. The van der Waals surface area contributed by atoms with E-state index in [1.165, 1.54) is 12.0 Å². The van der Waals surface area contributed by atoms with Crippen molar-refractivity contribution >= 4 is 11.9 Å². The lowest BCUT2D eigenvalue weighted by molar-refractivity contribution is 0.664. The van der Waals surface area contributed by atoms with E-state index in [0.29, 0.717) is 0 Å². The van der Waals surface area contributed by atoms with Gasteiger partial charge in [-0.05, 0) is 24.6 Å². The monoisotopic (exact) mass is 172 g/mol. The molecule has 1 fully saturated rings. The third-order valence-electron chi connectivity index (χ3n) is 3.08. The number of fused-ring (bicyclic) bond motifs is 2. The van der Waals surface area contributed by atoms with Gasteiger partial charge < -0.3 is 5.32 Å². The first-order chi connectivity index (χ1) is 6.41. The molecule has 1 spiro atoms. The van der Waals surface area contributed by atoms with Gasteiger partial charge in [0.1, 0.15) is 0 Å². The molecule has 2 heteroatoms. The average Bonchev–Trinajstić information content (AvgIpc) is 2.78. The minimum atomic E-state index is 0.219. The van der Waals surface area contributed by atoms with Crippen LogP contribution in [0.1, 0.15) is 12.0 Å². The Kier molecular flexibility index (Phi) is 1.35. The van der Waals surface area contributed by atoms with Crippen molar-refractivity contribution in [2.45, 2.75) is 11.8 Å². The minimum Gasteiger partial charge on any atom is -0.315 e. The molecule has 0 radical (unpaired) electrons. The predicted octanol–water partition coefficient (Wildman–Crippen LogP) is 1.63. The summed E-state index contributed by atoms with van der Waals surface area (Å²) in [5.41, 5.74) is 2.78. The van der Waals surface area contributed by atoms with E-state index < -0.39 is 0 Å². The molecule has 66 valence electrons. The number of benzene rings is 1. The highest BCUT2D eigenvalue weighted by Gasteiger charge is 2.38. The van der Waals surface area contributed by atoms with Crippen LogP contribution in [0.5, 0.6) is 0 Å². The van der Waals surface area contributed by atoms with Crippen LogP contribution in [0, 0.1) is 0 Å². The average molecular weight is 172 g/mol. The van der Waals surface area contributed by atoms with Gasteiger partial charge in [-0.1, -0.05) is 18.2 Å². The van der Waals surface area contributed by atoms with Crippen molar-refractivity contribution in [3.8, 4) is 0 Å². The second-order valence-electron chi connectivity index (χ2n) is 3.86. The SMILES string of the molecule is C1=Nc2ccccc2[C@@]12CCNC2. The molecule has 2 aliphatic heterocycles. The summed E-state index contributed by atoms with van der Waals surface area (Å²) in [4.78, 5) is 4.47.